The fourth-order valence-corrected chi connectivity index (χ4v) is 5.40. The molecule has 0 fully saturated rings. The first-order valence-corrected chi connectivity index (χ1v) is 13.4. The standard InChI is InChI=1S/C25H23N5O4S2/c1-33-19-12-17(13-20(15-19)34-2)26-24-25(28-23-9-4-3-8-22(23)27-24)29-36(31,32)21-7-5-6-18(14-21)30-10-11-35-16-30/h3-15H,16H2,1-2H3,(H,26,27)(H,28,29). The van der Waals surface area contributed by atoms with Crippen LogP contribution in [0.4, 0.5) is 23.0 Å². The fourth-order valence-electron chi connectivity index (χ4n) is 3.63. The molecule has 0 radical (unpaired) electrons. The number of sulfonamides is 1. The summed E-state index contributed by atoms with van der Waals surface area (Å²) in [5, 5.41) is 5.13. The summed E-state index contributed by atoms with van der Waals surface area (Å²) in [6, 6.07) is 19.3. The summed E-state index contributed by atoms with van der Waals surface area (Å²) in [5.41, 5.74) is 2.54. The van der Waals surface area contributed by atoms with Crippen molar-refractivity contribution in [3.05, 3.63) is 78.3 Å². The Morgan fingerprint density at radius 1 is 0.889 bits per heavy atom. The molecule has 11 heteroatoms. The minimum Gasteiger partial charge on any atom is -0.497 e. The van der Waals surface area contributed by atoms with E-state index in [0.29, 0.717) is 28.2 Å². The number of anilines is 4. The third kappa shape index (κ3) is 5.02. The lowest BCUT2D eigenvalue weighted by Crippen LogP contribution is -2.17. The highest BCUT2D eigenvalue weighted by atomic mass is 32.2. The maximum atomic E-state index is 13.4. The lowest BCUT2D eigenvalue weighted by molar-refractivity contribution is 0.395. The molecule has 0 atom stereocenters. The molecule has 184 valence electrons. The monoisotopic (exact) mass is 521 g/mol. The molecule has 1 aromatic heterocycles. The number of ether oxygens (including phenoxy) is 2. The highest BCUT2D eigenvalue weighted by Gasteiger charge is 2.21. The molecule has 9 nitrogen and oxygen atoms in total. The van der Waals surface area contributed by atoms with E-state index in [0.717, 1.165) is 11.6 Å². The summed E-state index contributed by atoms with van der Waals surface area (Å²) in [4.78, 5) is 11.3. The zero-order chi connectivity index (χ0) is 25.1. The zero-order valence-electron chi connectivity index (χ0n) is 19.5. The number of rotatable bonds is 8. The molecule has 0 amide bonds. The molecule has 4 aromatic rings. The van der Waals surface area contributed by atoms with Crippen LogP contribution in [-0.2, 0) is 10.0 Å². The van der Waals surface area contributed by atoms with Crippen LogP contribution >= 0.6 is 11.8 Å². The maximum absolute atomic E-state index is 13.4. The molecule has 0 saturated carbocycles. The molecule has 0 unspecified atom stereocenters. The van der Waals surface area contributed by atoms with Crippen LogP contribution in [-0.4, -0.2) is 38.5 Å². The van der Waals surface area contributed by atoms with Crippen molar-refractivity contribution in [2.75, 3.05) is 35.0 Å². The topological polar surface area (TPSA) is 106 Å². The Labute approximate surface area is 213 Å². The second kappa shape index (κ2) is 9.96. The van der Waals surface area contributed by atoms with Crippen molar-refractivity contribution in [1.29, 1.82) is 0 Å². The van der Waals surface area contributed by atoms with E-state index in [1.165, 1.54) is 0 Å². The predicted octanol–water partition coefficient (Wildman–Crippen LogP) is 5.17. The van der Waals surface area contributed by atoms with Gasteiger partial charge in [-0.3, -0.25) is 4.72 Å². The van der Waals surface area contributed by atoms with E-state index in [-0.39, 0.29) is 16.5 Å². The minimum atomic E-state index is -3.97. The van der Waals surface area contributed by atoms with Gasteiger partial charge in [-0.05, 0) is 35.7 Å². The number of benzene rings is 3. The van der Waals surface area contributed by atoms with Gasteiger partial charge in [0, 0.05) is 35.8 Å². The first-order chi connectivity index (χ1) is 17.4. The zero-order valence-corrected chi connectivity index (χ0v) is 21.1. The number of aromatic nitrogens is 2. The van der Waals surface area contributed by atoms with Gasteiger partial charge in [0.25, 0.3) is 10.0 Å². The summed E-state index contributed by atoms with van der Waals surface area (Å²) in [7, 11) is -0.865. The van der Waals surface area contributed by atoms with E-state index >= 15 is 0 Å². The van der Waals surface area contributed by atoms with Crippen LogP contribution in [0.25, 0.3) is 11.0 Å². The predicted molar refractivity (Wildman–Crippen MR) is 144 cm³/mol. The van der Waals surface area contributed by atoms with Crippen molar-refractivity contribution in [2.24, 2.45) is 0 Å². The second-order valence-electron chi connectivity index (χ2n) is 7.79. The largest absolute Gasteiger partial charge is 0.497 e. The van der Waals surface area contributed by atoms with Crippen LogP contribution in [0.2, 0.25) is 0 Å². The van der Waals surface area contributed by atoms with Gasteiger partial charge in [-0.1, -0.05) is 18.2 Å². The molecule has 5 rings (SSSR count). The Morgan fingerprint density at radius 2 is 1.58 bits per heavy atom. The number of methoxy groups -OCH3 is 2. The Kier molecular flexibility index (Phi) is 6.57. The normalized spacial score (nSPS) is 13.1. The van der Waals surface area contributed by atoms with Crippen LogP contribution in [0.1, 0.15) is 0 Å². The molecule has 2 heterocycles. The van der Waals surface area contributed by atoms with Crippen molar-refractivity contribution in [2.45, 2.75) is 4.90 Å². The van der Waals surface area contributed by atoms with Gasteiger partial charge in [-0.2, -0.15) is 0 Å². The van der Waals surface area contributed by atoms with E-state index in [4.69, 9.17) is 9.47 Å². The fraction of sp³-hybridized carbons (Fsp3) is 0.120. The van der Waals surface area contributed by atoms with Crippen LogP contribution in [0, 0.1) is 0 Å². The first-order valence-electron chi connectivity index (χ1n) is 10.9. The third-order valence-electron chi connectivity index (χ3n) is 5.43. The van der Waals surface area contributed by atoms with Gasteiger partial charge in [0.05, 0.1) is 36.0 Å². The summed E-state index contributed by atoms with van der Waals surface area (Å²) in [6.07, 6.45) is 1.92. The van der Waals surface area contributed by atoms with Gasteiger partial charge in [-0.25, -0.2) is 18.4 Å². The summed E-state index contributed by atoms with van der Waals surface area (Å²) in [6.45, 7) is 0. The molecule has 0 saturated heterocycles. The van der Waals surface area contributed by atoms with E-state index in [2.05, 4.69) is 20.0 Å². The Morgan fingerprint density at radius 3 is 2.22 bits per heavy atom. The van der Waals surface area contributed by atoms with Crippen LogP contribution < -0.4 is 24.4 Å². The molecule has 0 aliphatic carbocycles. The van der Waals surface area contributed by atoms with E-state index in [1.807, 2.05) is 40.8 Å². The van der Waals surface area contributed by atoms with E-state index < -0.39 is 10.0 Å². The van der Waals surface area contributed by atoms with E-state index in [1.54, 1.807) is 68.4 Å². The minimum absolute atomic E-state index is 0.0671. The molecule has 3 aromatic carbocycles. The number of para-hydroxylation sites is 2. The van der Waals surface area contributed by atoms with Gasteiger partial charge in [0.2, 0.25) is 0 Å². The SMILES string of the molecule is COc1cc(Nc2nc3ccccc3nc2NS(=O)(=O)c2cccc(N3C=CSC3)c2)cc(OC)c1. The third-order valence-corrected chi connectivity index (χ3v) is 7.50. The Balaban J connectivity index is 1.53. The van der Waals surface area contributed by atoms with Crippen molar-refractivity contribution in [3.63, 3.8) is 0 Å². The van der Waals surface area contributed by atoms with Crippen molar-refractivity contribution < 1.29 is 17.9 Å². The lowest BCUT2D eigenvalue weighted by atomic mass is 10.2. The first kappa shape index (κ1) is 23.8. The van der Waals surface area contributed by atoms with Gasteiger partial charge in [-0.15, -0.1) is 11.8 Å². The number of nitrogens with one attached hydrogen (secondary N) is 2. The maximum Gasteiger partial charge on any atom is 0.263 e. The Bertz CT molecular complexity index is 1540. The highest BCUT2D eigenvalue weighted by Crippen LogP contribution is 2.32. The van der Waals surface area contributed by atoms with Crippen molar-refractivity contribution >= 4 is 55.8 Å². The van der Waals surface area contributed by atoms with E-state index in [9.17, 15) is 8.42 Å². The molecule has 2 N–H and O–H groups in total. The van der Waals surface area contributed by atoms with Gasteiger partial charge in [0.1, 0.15) is 11.5 Å². The Hall–Kier alpha value is -3.96. The van der Waals surface area contributed by atoms with Crippen LogP contribution in [0.5, 0.6) is 11.5 Å². The number of hydrogen-bond donors (Lipinski definition) is 2. The summed E-state index contributed by atoms with van der Waals surface area (Å²) >= 11 is 1.64. The molecule has 1 aliphatic rings. The molecular formula is C25H23N5O4S2. The van der Waals surface area contributed by atoms with Crippen molar-refractivity contribution in [3.8, 4) is 11.5 Å². The number of hydrogen-bond acceptors (Lipinski definition) is 9. The highest BCUT2D eigenvalue weighted by molar-refractivity contribution is 8.02. The smallest absolute Gasteiger partial charge is 0.263 e. The molecule has 0 spiro atoms. The van der Waals surface area contributed by atoms with Gasteiger partial charge in [0.15, 0.2) is 11.6 Å². The van der Waals surface area contributed by atoms with Crippen LogP contribution in [0.3, 0.4) is 0 Å². The average Bonchev–Trinajstić information content (AvgIpc) is 3.44. The summed E-state index contributed by atoms with van der Waals surface area (Å²) in [5.74, 6) is 2.17. The second-order valence-corrected chi connectivity index (χ2v) is 10.3. The molecule has 0 bridgehead atoms. The number of thioether (sulfide) groups is 1. The van der Waals surface area contributed by atoms with Crippen molar-refractivity contribution in [1.82, 2.24) is 9.97 Å². The number of fused-ring (bicyclic) bond motifs is 1. The van der Waals surface area contributed by atoms with Gasteiger partial charge < -0.3 is 19.7 Å². The molecule has 1 aliphatic heterocycles. The van der Waals surface area contributed by atoms with Gasteiger partial charge >= 0.3 is 0 Å². The molecule has 36 heavy (non-hydrogen) atoms. The quantitative estimate of drug-likeness (QED) is 0.325. The summed E-state index contributed by atoms with van der Waals surface area (Å²) < 4.78 is 40.2. The molecular weight excluding hydrogens is 498 g/mol. The lowest BCUT2D eigenvalue weighted by Gasteiger charge is -2.17. The average molecular weight is 522 g/mol. The van der Waals surface area contributed by atoms with Crippen LogP contribution in [0.15, 0.2) is 83.2 Å². The number of nitrogens with zero attached hydrogens (tertiary/aromatic N) is 3.